The Labute approximate surface area is 123 Å². The lowest BCUT2D eigenvalue weighted by molar-refractivity contribution is -0.141. The maximum atomic E-state index is 12.6. The highest BCUT2D eigenvalue weighted by Gasteiger charge is 2.38. The summed E-state index contributed by atoms with van der Waals surface area (Å²) in [6, 6.07) is 0.0490. The number of halogens is 1. The molecule has 1 aromatic heterocycles. The van der Waals surface area contributed by atoms with Gasteiger partial charge in [0.2, 0.25) is 0 Å². The van der Waals surface area contributed by atoms with E-state index in [0.717, 1.165) is 43.5 Å². The van der Waals surface area contributed by atoms with E-state index in [4.69, 9.17) is 16.3 Å². The van der Waals surface area contributed by atoms with E-state index in [1.807, 2.05) is 18.9 Å². The maximum Gasteiger partial charge on any atom is 0.252 e. The lowest BCUT2D eigenvalue weighted by Crippen LogP contribution is -2.38. The highest BCUT2D eigenvalue weighted by molar-refractivity contribution is 6.30. The lowest BCUT2D eigenvalue weighted by Gasteiger charge is -2.27. The molecule has 0 N–H and O–H groups in total. The molecule has 0 aliphatic carbocycles. The number of rotatable bonds is 2. The van der Waals surface area contributed by atoms with E-state index in [1.54, 1.807) is 4.68 Å². The Morgan fingerprint density at radius 1 is 1.40 bits per heavy atom. The monoisotopic (exact) mass is 297 g/mol. The minimum Gasteiger partial charge on any atom is -0.368 e. The standard InChI is InChI=1S/C14H20ClN3O2/c1-9-12(13(15)17(2)16-9)10-5-3-7-18(10)14(19)11-6-4-8-20-11/h10-11H,3-8H2,1-2H3/t10-,11+/m0/s1. The highest BCUT2D eigenvalue weighted by Crippen LogP contribution is 2.38. The molecule has 3 heterocycles. The predicted octanol–water partition coefficient (Wildman–Crippen LogP) is 2.22. The molecule has 2 fully saturated rings. The Hall–Kier alpha value is -1.07. The van der Waals surface area contributed by atoms with Crippen LogP contribution in [-0.4, -0.2) is 39.8 Å². The molecule has 0 bridgehead atoms. The summed E-state index contributed by atoms with van der Waals surface area (Å²) in [7, 11) is 1.83. The number of ether oxygens (including phenoxy) is 1. The summed E-state index contributed by atoms with van der Waals surface area (Å²) in [5, 5.41) is 5.00. The van der Waals surface area contributed by atoms with Gasteiger partial charge in [0.25, 0.3) is 5.91 Å². The summed E-state index contributed by atoms with van der Waals surface area (Å²) in [5.41, 5.74) is 1.91. The van der Waals surface area contributed by atoms with Crippen molar-refractivity contribution in [2.45, 2.75) is 44.8 Å². The number of hydrogen-bond acceptors (Lipinski definition) is 3. The van der Waals surface area contributed by atoms with Crippen LogP contribution in [0.4, 0.5) is 0 Å². The van der Waals surface area contributed by atoms with Crippen LogP contribution in [0, 0.1) is 6.92 Å². The van der Waals surface area contributed by atoms with E-state index >= 15 is 0 Å². The van der Waals surface area contributed by atoms with Gasteiger partial charge < -0.3 is 9.64 Å². The van der Waals surface area contributed by atoms with Crippen molar-refractivity contribution in [1.82, 2.24) is 14.7 Å². The average molecular weight is 298 g/mol. The van der Waals surface area contributed by atoms with Crippen molar-refractivity contribution in [2.75, 3.05) is 13.2 Å². The molecule has 20 heavy (non-hydrogen) atoms. The van der Waals surface area contributed by atoms with Gasteiger partial charge in [0.1, 0.15) is 11.3 Å². The molecule has 2 saturated heterocycles. The van der Waals surface area contributed by atoms with Crippen LogP contribution < -0.4 is 0 Å². The minimum atomic E-state index is -0.258. The Morgan fingerprint density at radius 2 is 2.20 bits per heavy atom. The fraction of sp³-hybridized carbons (Fsp3) is 0.714. The molecule has 0 aromatic carbocycles. The van der Waals surface area contributed by atoms with Gasteiger partial charge in [-0.25, -0.2) is 0 Å². The van der Waals surface area contributed by atoms with Gasteiger partial charge in [-0.15, -0.1) is 0 Å². The zero-order chi connectivity index (χ0) is 14.3. The van der Waals surface area contributed by atoms with Gasteiger partial charge in [-0.3, -0.25) is 9.48 Å². The summed E-state index contributed by atoms with van der Waals surface area (Å²) in [5.74, 6) is 0.115. The van der Waals surface area contributed by atoms with Crippen LogP contribution in [-0.2, 0) is 16.6 Å². The Bertz CT molecular complexity index is 523. The van der Waals surface area contributed by atoms with Gasteiger partial charge in [0.05, 0.1) is 11.7 Å². The van der Waals surface area contributed by atoms with Crippen molar-refractivity contribution in [3.8, 4) is 0 Å². The fourth-order valence-corrected chi connectivity index (χ4v) is 3.61. The van der Waals surface area contributed by atoms with Crippen LogP contribution in [0.3, 0.4) is 0 Å². The second-order valence-electron chi connectivity index (χ2n) is 5.60. The van der Waals surface area contributed by atoms with Crippen LogP contribution >= 0.6 is 11.6 Å². The fourth-order valence-electron chi connectivity index (χ4n) is 3.31. The van der Waals surface area contributed by atoms with Crippen molar-refractivity contribution in [2.24, 2.45) is 7.05 Å². The summed E-state index contributed by atoms with van der Waals surface area (Å²) in [6.07, 6.45) is 3.51. The van der Waals surface area contributed by atoms with Crippen LogP contribution in [0.1, 0.15) is 43.0 Å². The molecular weight excluding hydrogens is 278 g/mol. The Balaban J connectivity index is 1.86. The molecule has 1 aromatic rings. The van der Waals surface area contributed by atoms with Gasteiger partial charge in [0.15, 0.2) is 0 Å². The predicted molar refractivity (Wildman–Crippen MR) is 75.6 cm³/mol. The summed E-state index contributed by atoms with van der Waals surface area (Å²) in [6.45, 7) is 3.43. The summed E-state index contributed by atoms with van der Waals surface area (Å²) >= 11 is 6.36. The molecule has 0 saturated carbocycles. The van der Waals surface area contributed by atoms with E-state index < -0.39 is 0 Å². The third-order valence-corrected chi connectivity index (χ3v) is 4.72. The molecule has 5 nitrogen and oxygen atoms in total. The molecule has 0 spiro atoms. The number of aromatic nitrogens is 2. The summed E-state index contributed by atoms with van der Waals surface area (Å²) in [4.78, 5) is 14.5. The number of carbonyl (C=O) groups excluding carboxylic acids is 1. The first-order chi connectivity index (χ1) is 9.59. The first kappa shape index (κ1) is 13.9. The van der Waals surface area contributed by atoms with Gasteiger partial charge >= 0.3 is 0 Å². The first-order valence-corrected chi connectivity index (χ1v) is 7.58. The van der Waals surface area contributed by atoms with Crippen molar-refractivity contribution in [3.63, 3.8) is 0 Å². The molecule has 0 unspecified atom stereocenters. The van der Waals surface area contributed by atoms with Crippen molar-refractivity contribution >= 4 is 17.5 Å². The van der Waals surface area contributed by atoms with E-state index in [2.05, 4.69) is 5.10 Å². The third kappa shape index (κ3) is 2.23. The van der Waals surface area contributed by atoms with Gasteiger partial charge in [0, 0.05) is 25.8 Å². The second-order valence-corrected chi connectivity index (χ2v) is 5.96. The molecule has 2 atom stereocenters. The van der Waals surface area contributed by atoms with E-state index in [9.17, 15) is 4.79 Å². The number of aryl methyl sites for hydroxylation is 2. The number of amides is 1. The van der Waals surface area contributed by atoms with Crippen LogP contribution in [0.25, 0.3) is 0 Å². The number of nitrogens with zero attached hydrogens (tertiary/aromatic N) is 3. The topological polar surface area (TPSA) is 47.4 Å². The summed E-state index contributed by atoms with van der Waals surface area (Å²) < 4.78 is 7.21. The van der Waals surface area contributed by atoms with Gasteiger partial charge in [-0.2, -0.15) is 5.10 Å². The molecule has 3 rings (SSSR count). The molecule has 110 valence electrons. The van der Waals surface area contributed by atoms with Crippen molar-refractivity contribution in [3.05, 3.63) is 16.4 Å². The molecule has 0 radical (unpaired) electrons. The van der Waals surface area contributed by atoms with Crippen molar-refractivity contribution < 1.29 is 9.53 Å². The van der Waals surface area contributed by atoms with E-state index in [0.29, 0.717) is 11.8 Å². The van der Waals surface area contributed by atoms with Gasteiger partial charge in [-0.05, 0) is 32.6 Å². The molecule has 1 amide bonds. The third-order valence-electron chi connectivity index (χ3n) is 4.27. The normalized spacial score (nSPS) is 26.4. The van der Waals surface area contributed by atoms with E-state index in [-0.39, 0.29) is 18.1 Å². The zero-order valence-electron chi connectivity index (χ0n) is 11.9. The Morgan fingerprint density at radius 3 is 2.80 bits per heavy atom. The van der Waals surface area contributed by atoms with Crippen LogP contribution in [0.2, 0.25) is 5.15 Å². The number of likely N-dealkylation sites (tertiary alicyclic amines) is 1. The maximum absolute atomic E-state index is 12.6. The second kappa shape index (κ2) is 5.37. The molecular formula is C14H20ClN3O2. The first-order valence-electron chi connectivity index (χ1n) is 7.20. The van der Waals surface area contributed by atoms with Gasteiger partial charge in [-0.1, -0.05) is 11.6 Å². The van der Waals surface area contributed by atoms with Crippen LogP contribution in [0.5, 0.6) is 0 Å². The minimum absolute atomic E-state index is 0.0490. The average Bonchev–Trinajstić information content (AvgIpc) is 3.12. The zero-order valence-corrected chi connectivity index (χ0v) is 12.7. The lowest BCUT2D eigenvalue weighted by atomic mass is 10.1. The van der Waals surface area contributed by atoms with Crippen molar-refractivity contribution in [1.29, 1.82) is 0 Å². The Kier molecular flexibility index (Phi) is 3.73. The number of hydrogen-bond donors (Lipinski definition) is 0. The molecule has 2 aliphatic rings. The SMILES string of the molecule is Cc1nn(C)c(Cl)c1[C@@H]1CCCN1C(=O)[C@H]1CCCO1. The highest BCUT2D eigenvalue weighted by atomic mass is 35.5. The smallest absolute Gasteiger partial charge is 0.252 e. The number of carbonyl (C=O) groups is 1. The van der Waals surface area contributed by atoms with Crippen LogP contribution in [0.15, 0.2) is 0 Å². The quantitative estimate of drug-likeness (QED) is 0.841. The molecule has 6 heteroatoms. The molecule has 2 aliphatic heterocycles. The van der Waals surface area contributed by atoms with E-state index in [1.165, 1.54) is 0 Å². The largest absolute Gasteiger partial charge is 0.368 e.